The number of hydrogen-bond donors (Lipinski definition) is 0. The van der Waals surface area contributed by atoms with Gasteiger partial charge in [-0.1, -0.05) is 5.10 Å². The fourth-order valence-corrected chi connectivity index (χ4v) is 1.46. The van der Waals surface area contributed by atoms with Crippen LogP contribution in [-0.2, 0) is 0 Å². The van der Waals surface area contributed by atoms with Gasteiger partial charge in [-0.2, -0.15) is 4.52 Å². The van der Waals surface area contributed by atoms with Crippen molar-refractivity contribution in [1.82, 2.24) is 24.2 Å². The van der Waals surface area contributed by atoms with E-state index in [-0.39, 0.29) is 0 Å². The Morgan fingerprint density at radius 3 is 2.93 bits per heavy atom. The largest absolute Gasteiger partial charge is 0.466 e. The summed E-state index contributed by atoms with van der Waals surface area (Å²) in [7, 11) is 1.56. The van der Waals surface area contributed by atoms with E-state index in [2.05, 4.69) is 15.2 Å². The smallest absolute Gasteiger partial charge is 0.337 e. The predicted octanol–water partition coefficient (Wildman–Crippen LogP) is 0.386. The van der Waals surface area contributed by atoms with E-state index in [9.17, 15) is 0 Å². The van der Waals surface area contributed by atoms with Gasteiger partial charge in [-0.05, 0) is 12.1 Å². The van der Waals surface area contributed by atoms with E-state index in [0.717, 1.165) is 11.3 Å². The van der Waals surface area contributed by atoms with Crippen molar-refractivity contribution in [3.8, 4) is 6.01 Å². The van der Waals surface area contributed by atoms with Gasteiger partial charge in [0.15, 0.2) is 11.3 Å². The highest BCUT2D eigenvalue weighted by molar-refractivity contribution is 5.47. The van der Waals surface area contributed by atoms with Crippen molar-refractivity contribution >= 4 is 11.3 Å². The molecule has 70 valence electrons. The zero-order chi connectivity index (χ0) is 9.54. The van der Waals surface area contributed by atoms with Gasteiger partial charge in [-0.25, -0.2) is 9.50 Å². The van der Waals surface area contributed by atoms with E-state index in [4.69, 9.17) is 4.74 Å². The molecule has 0 radical (unpaired) electrons. The van der Waals surface area contributed by atoms with E-state index in [1.165, 1.54) is 0 Å². The average molecular weight is 189 g/mol. The maximum Gasteiger partial charge on any atom is 0.337 e. The Kier molecular flexibility index (Phi) is 1.27. The third-order valence-corrected chi connectivity index (χ3v) is 2.07. The molecule has 0 spiro atoms. The summed E-state index contributed by atoms with van der Waals surface area (Å²) in [5, 5.41) is 7.84. The summed E-state index contributed by atoms with van der Waals surface area (Å²) in [5.74, 6) is 0. The number of fused-ring (bicyclic) bond motifs is 3. The minimum absolute atomic E-state index is 0.448. The summed E-state index contributed by atoms with van der Waals surface area (Å²) in [6.07, 6.45) is 3.54. The molecular formula is C8H7N5O. The maximum atomic E-state index is 5.09. The highest BCUT2D eigenvalue weighted by atomic mass is 16.5. The first-order valence-electron chi connectivity index (χ1n) is 4.11. The van der Waals surface area contributed by atoms with E-state index >= 15 is 0 Å². The van der Waals surface area contributed by atoms with Crippen molar-refractivity contribution < 1.29 is 4.74 Å². The lowest BCUT2D eigenvalue weighted by atomic mass is 10.5. The van der Waals surface area contributed by atoms with Crippen LogP contribution in [0.4, 0.5) is 0 Å². The van der Waals surface area contributed by atoms with Gasteiger partial charge in [0.2, 0.25) is 0 Å². The highest BCUT2D eigenvalue weighted by Crippen LogP contribution is 2.11. The van der Waals surface area contributed by atoms with Crippen LogP contribution in [0.5, 0.6) is 6.01 Å². The number of imidazole rings is 1. The van der Waals surface area contributed by atoms with Crippen LogP contribution in [0, 0.1) is 0 Å². The van der Waals surface area contributed by atoms with Gasteiger partial charge in [0, 0.05) is 12.4 Å². The molecule has 0 aliphatic carbocycles. The summed E-state index contributed by atoms with van der Waals surface area (Å²) in [6.45, 7) is 0. The van der Waals surface area contributed by atoms with Crippen molar-refractivity contribution in [3.05, 3.63) is 24.5 Å². The molecule has 3 heterocycles. The third kappa shape index (κ3) is 0.769. The molecule has 3 aromatic heterocycles. The summed E-state index contributed by atoms with van der Waals surface area (Å²) in [5.41, 5.74) is 1.56. The Labute approximate surface area is 78.7 Å². The molecule has 3 aromatic rings. The van der Waals surface area contributed by atoms with E-state index in [1.807, 2.05) is 22.8 Å². The van der Waals surface area contributed by atoms with Gasteiger partial charge in [-0.3, -0.25) is 0 Å². The topological polar surface area (TPSA) is 56.7 Å². The normalized spacial score (nSPS) is 11.2. The molecule has 0 amide bonds. The van der Waals surface area contributed by atoms with Crippen LogP contribution < -0.4 is 4.74 Å². The molecule has 0 aromatic carbocycles. The standard InChI is InChI=1S/C8H7N5O/c1-14-8-11-10-7-3-2-6-9-4-5-12(6)13(7)8/h2-5H,1H3. The molecule has 0 bridgehead atoms. The van der Waals surface area contributed by atoms with E-state index < -0.39 is 0 Å². The lowest BCUT2D eigenvalue weighted by Gasteiger charge is -2.00. The fraction of sp³-hybridized carbons (Fsp3) is 0.125. The number of hydrogen-bond acceptors (Lipinski definition) is 4. The first-order valence-corrected chi connectivity index (χ1v) is 4.11. The van der Waals surface area contributed by atoms with Crippen molar-refractivity contribution in [2.24, 2.45) is 0 Å². The van der Waals surface area contributed by atoms with Crippen LogP contribution in [-0.4, -0.2) is 31.3 Å². The molecule has 0 fully saturated rings. The van der Waals surface area contributed by atoms with Crippen LogP contribution in [0.1, 0.15) is 0 Å². The minimum Gasteiger partial charge on any atom is -0.466 e. The SMILES string of the molecule is COc1nnc2ccc3nccn3n12. The monoisotopic (exact) mass is 189 g/mol. The van der Waals surface area contributed by atoms with Gasteiger partial charge in [0.1, 0.15) is 0 Å². The number of aromatic nitrogens is 5. The van der Waals surface area contributed by atoms with Crippen LogP contribution >= 0.6 is 0 Å². The second-order valence-electron chi connectivity index (χ2n) is 2.82. The van der Waals surface area contributed by atoms with Gasteiger partial charge < -0.3 is 4.74 Å². The number of rotatable bonds is 1. The van der Waals surface area contributed by atoms with Crippen molar-refractivity contribution in [2.75, 3.05) is 7.11 Å². The molecule has 0 saturated heterocycles. The predicted molar refractivity (Wildman–Crippen MR) is 48.3 cm³/mol. The summed E-state index contributed by atoms with van der Waals surface area (Å²) in [6, 6.07) is 4.17. The molecule has 0 atom stereocenters. The van der Waals surface area contributed by atoms with Crippen molar-refractivity contribution in [2.45, 2.75) is 0 Å². The van der Waals surface area contributed by atoms with Crippen LogP contribution in [0.25, 0.3) is 11.3 Å². The third-order valence-electron chi connectivity index (χ3n) is 2.07. The molecular weight excluding hydrogens is 182 g/mol. The first-order chi connectivity index (χ1) is 6.90. The molecule has 0 unspecified atom stereocenters. The van der Waals surface area contributed by atoms with Gasteiger partial charge in [-0.15, -0.1) is 5.10 Å². The van der Waals surface area contributed by atoms with Crippen LogP contribution in [0.2, 0.25) is 0 Å². The average Bonchev–Trinajstić information content (AvgIpc) is 2.82. The molecule has 0 saturated carbocycles. The fourth-order valence-electron chi connectivity index (χ4n) is 1.46. The Morgan fingerprint density at radius 1 is 1.21 bits per heavy atom. The second kappa shape index (κ2) is 2.44. The molecule has 6 heteroatoms. The van der Waals surface area contributed by atoms with Crippen molar-refractivity contribution in [3.63, 3.8) is 0 Å². The molecule has 3 rings (SSSR count). The quantitative estimate of drug-likeness (QED) is 0.555. The molecule has 6 nitrogen and oxygen atoms in total. The number of ether oxygens (including phenoxy) is 1. The summed E-state index contributed by atoms with van der Waals surface area (Å²) in [4.78, 5) is 4.15. The molecule has 14 heavy (non-hydrogen) atoms. The number of nitrogens with zero attached hydrogens (tertiary/aromatic N) is 5. The van der Waals surface area contributed by atoms with E-state index in [1.54, 1.807) is 17.8 Å². The number of methoxy groups -OCH3 is 1. The van der Waals surface area contributed by atoms with Gasteiger partial charge in [0.25, 0.3) is 0 Å². The van der Waals surface area contributed by atoms with Gasteiger partial charge >= 0.3 is 6.01 Å². The Bertz CT molecular complexity index is 596. The van der Waals surface area contributed by atoms with Crippen LogP contribution in [0.3, 0.4) is 0 Å². The van der Waals surface area contributed by atoms with E-state index in [0.29, 0.717) is 6.01 Å². The Balaban J connectivity index is 2.58. The van der Waals surface area contributed by atoms with Crippen molar-refractivity contribution in [1.29, 1.82) is 0 Å². The minimum atomic E-state index is 0.448. The zero-order valence-corrected chi connectivity index (χ0v) is 7.45. The first kappa shape index (κ1) is 7.31. The molecule has 0 N–H and O–H groups in total. The lowest BCUT2D eigenvalue weighted by Crippen LogP contribution is -2.01. The Hall–Kier alpha value is -2.11. The van der Waals surface area contributed by atoms with Gasteiger partial charge in [0.05, 0.1) is 7.11 Å². The Morgan fingerprint density at radius 2 is 2.07 bits per heavy atom. The molecule has 0 aliphatic heterocycles. The highest BCUT2D eigenvalue weighted by Gasteiger charge is 2.07. The second-order valence-corrected chi connectivity index (χ2v) is 2.82. The molecule has 0 aliphatic rings. The van der Waals surface area contributed by atoms with Crippen LogP contribution in [0.15, 0.2) is 24.5 Å². The summed E-state index contributed by atoms with van der Waals surface area (Å²) < 4.78 is 8.67. The summed E-state index contributed by atoms with van der Waals surface area (Å²) >= 11 is 0. The zero-order valence-electron chi connectivity index (χ0n) is 7.45. The maximum absolute atomic E-state index is 5.09. The lowest BCUT2D eigenvalue weighted by molar-refractivity contribution is 0.366.